The highest BCUT2D eigenvalue weighted by molar-refractivity contribution is 6.14. The molecule has 29 heavy (non-hydrogen) atoms. The SMILES string of the molecule is O=C(NN(C(=O)c1ccccc1)C(=O)c1ccccc1C(=O)O)c1ccccc1. The summed E-state index contributed by atoms with van der Waals surface area (Å²) in [5.41, 5.74) is 2.18. The van der Waals surface area contributed by atoms with Crippen LogP contribution < -0.4 is 5.43 Å². The third kappa shape index (κ3) is 4.36. The van der Waals surface area contributed by atoms with E-state index >= 15 is 0 Å². The minimum atomic E-state index is -1.32. The Morgan fingerprint density at radius 2 is 1.10 bits per heavy atom. The summed E-state index contributed by atoms with van der Waals surface area (Å²) in [5, 5.41) is 9.90. The van der Waals surface area contributed by atoms with Gasteiger partial charge in [-0.3, -0.25) is 19.8 Å². The molecular formula is C22H16N2O5. The summed E-state index contributed by atoms with van der Waals surface area (Å²) in [6.07, 6.45) is 0. The molecule has 0 aromatic heterocycles. The molecule has 3 amide bonds. The molecule has 2 N–H and O–H groups in total. The fourth-order valence-electron chi connectivity index (χ4n) is 2.64. The van der Waals surface area contributed by atoms with Gasteiger partial charge in [-0.2, -0.15) is 5.01 Å². The lowest BCUT2D eigenvalue weighted by Crippen LogP contribution is -2.50. The topological polar surface area (TPSA) is 104 Å². The van der Waals surface area contributed by atoms with Gasteiger partial charge in [0.1, 0.15) is 0 Å². The van der Waals surface area contributed by atoms with E-state index in [1.807, 2.05) is 0 Å². The second kappa shape index (κ2) is 8.62. The monoisotopic (exact) mass is 388 g/mol. The van der Waals surface area contributed by atoms with Crippen molar-refractivity contribution >= 4 is 23.7 Å². The predicted molar refractivity (Wildman–Crippen MR) is 104 cm³/mol. The molecule has 0 spiro atoms. The van der Waals surface area contributed by atoms with E-state index in [-0.39, 0.29) is 22.3 Å². The molecule has 0 fully saturated rings. The van der Waals surface area contributed by atoms with Crippen LogP contribution in [-0.4, -0.2) is 33.8 Å². The van der Waals surface area contributed by atoms with Gasteiger partial charge in [-0.1, -0.05) is 48.5 Å². The first-order valence-electron chi connectivity index (χ1n) is 8.61. The zero-order chi connectivity index (χ0) is 20.8. The first-order chi connectivity index (χ1) is 14.0. The molecule has 7 nitrogen and oxygen atoms in total. The van der Waals surface area contributed by atoms with Gasteiger partial charge >= 0.3 is 5.97 Å². The molecule has 0 aliphatic carbocycles. The molecule has 0 aliphatic heterocycles. The van der Waals surface area contributed by atoms with Crippen molar-refractivity contribution in [3.05, 3.63) is 107 Å². The van der Waals surface area contributed by atoms with Crippen LogP contribution in [0.25, 0.3) is 0 Å². The Hall–Kier alpha value is -4.26. The van der Waals surface area contributed by atoms with Crippen molar-refractivity contribution in [2.75, 3.05) is 0 Å². The molecule has 0 unspecified atom stereocenters. The third-order valence-corrected chi connectivity index (χ3v) is 4.06. The van der Waals surface area contributed by atoms with Crippen molar-refractivity contribution in [3.63, 3.8) is 0 Å². The number of hydrogen-bond donors (Lipinski definition) is 2. The Morgan fingerprint density at radius 1 is 0.621 bits per heavy atom. The van der Waals surface area contributed by atoms with Gasteiger partial charge in [0, 0.05) is 11.1 Å². The number of imide groups is 1. The number of rotatable bonds is 4. The number of carbonyl (C=O) groups excluding carboxylic acids is 3. The Labute approximate surface area is 166 Å². The van der Waals surface area contributed by atoms with Crippen molar-refractivity contribution in [1.82, 2.24) is 10.4 Å². The number of amides is 3. The van der Waals surface area contributed by atoms with E-state index in [0.29, 0.717) is 5.01 Å². The average molecular weight is 388 g/mol. The normalized spacial score (nSPS) is 10.1. The van der Waals surface area contributed by atoms with Crippen LogP contribution in [-0.2, 0) is 0 Å². The van der Waals surface area contributed by atoms with E-state index < -0.39 is 23.7 Å². The van der Waals surface area contributed by atoms with Crippen molar-refractivity contribution in [1.29, 1.82) is 0 Å². The van der Waals surface area contributed by atoms with E-state index in [4.69, 9.17) is 0 Å². The fraction of sp³-hybridized carbons (Fsp3) is 0. The molecule has 7 heteroatoms. The van der Waals surface area contributed by atoms with Crippen molar-refractivity contribution in [3.8, 4) is 0 Å². The summed E-state index contributed by atoms with van der Waals surface area (Å²) in [5.74, 6) is -3.76. The van der Waals surface area contributed by atoms with E-state index in [9.17, 15) is 24.3 Å². The molecule has 3 rings (SSSR count). The van der Waals surface area contributed by atoms with Crippen LogP contribution in [0.5, 0.6) is 0 Å². The van der Waals surface area contributed by atoms with E-state index in [1.54, 1.807) is 36.4 Å². The lowest BCUT2D eigenvalue weighted by molar-refractivity contribution is 0.0479. The molecule has 0 atom stereocenters. The second-order valence-electron chi connectivity index (χ2n) is 5.97. The first-order valence-corrected chi connectivity index (χ1v) is 8.61. The Bertz CT molecular complexity index is 1060. The zero-order valence-corrected chi connectivity index (χ0v) is 15.1. The van der Waals surface area contributed by atoms with E-state index in [2.05, 4.69) is 5.43 Å². The number of carboxylic acids is 1. The van der Waals surface area contributed by atoms with Gasteiger partial charge in [-0.15, -0.1) is 0 Å². The van der Waals surface area contributed by atoms with Crippen LogP contribution in [0.2, 0.25) is 0 Å². The molecule has 144 valence electrons. The van der Waals surface area contributed by atoms with Crippen LogP contribution in [0.3, 0.4) is 0 Å². The lowest BCUT2D eigenvalue weighted by atomic mass is 10.1. The second-order valence-corrected chi connectivity index (χ2v) is 5.97. The number of hydrazine groups is 1. The van der Waals surface area contributed by atoms with E-state index in [1.165, 1.54) is 48.5 Å². The molecular weight excluding hydrogens is 372 g/mol. The summed E-state index contributed by atoms with van der Waals surface area (Å²) in [4.78, 5) is 50.1. The van der Waals surface area contributed by atoms with Gasteiger partial charge < -0.3 is 5.11 Å². The summed E-state index contributed by atoms with van der Waals surface area (Å²) in [7, 11) is 0. The Morgan fingerprint density at radius 3 is 1.66 bits per heavy atom. The van der Waals surface area contributed by atoms with Gasteiger partial charge in [0.25, 0.3) is 17.7 Å². The lowest BCUT2D eigenvalue weighted by Gasteiger charge is -2.22. The molecule has 0 heterocycles. The summed E-state index contributed by atoms with van der Waals surface area (Å²) >= 11 is 0. The number of carbonyl (C=O) groups is 4. The smallest absolute Gasteiger partial charge is 0.336 e. The molecule has 0 aliphatic rings. The zero-order valence-electron chi connectivity index (χ0n) is 15.1. The minimum Gasteiger partial charge on any atom is -0.478 e. The Balaban J connectivity index is 2.01. The van der Waals surface area contributed by atoms with Gasteiger partial charge in [0.2, 0.25) is 0 Å². The molecule has 0 bridgehead atoms. The largest absolute Gasteiger partial charge is 0.478 e. The van der Waals surface area contributed by atoms with Crippen molar-refractivity contribution in [2.45, 2.75) is 0 Å². The highest BCUT2D eigenvalue weighted by atomic mass is 16.4. The quantitative estimate of drug-likeness (QED) is 0.528. The molecule has 3 aromatic rings. The predicted octanol–water partition coefficient (Wildman–Crippen LogP) is 3.01. The molecule has 0 saturated carbocycles. The standard InChI is InChI=1S/C22H16N2O5/c25-19(15-9-3-1-4-10-15)23-24(20(26)16-11-5-2-6-12-16)21(27)17-13-7-8-14-18(17)22(28)29/h1-14H,(H,23,25)(H,28,29). The van der Waals surface area contributed by atoms with Gasteiger partial charge in [0.05, 0.1) is 11.1 Å². The fourth-order valence-corrected chi connectivity index (χ4v) is 2.64. The Kier molecular flexibility index (Phi) is 5.80. The average Bonchev–Trinajstić information content (AvgIpc) is 2.77. The van der Waals surface area contributed by atoms with Crippen LogP contribution in [0.4, 0.5) is 0 Å². The number of nitrogens with zero attached hydrogens (tertiary/aromatic N) is 1. The minimum absolute atomic E-state index is 0.155. The maximum atomic E-state index is 13.1. The maximum Gasteiger partial charge on any atom is 0.336 e. The van der Waals surface area contributed by atoms with Crippen LogP contribution in [0.1, 0.15) is 41.4 Å². The summed E-state index contributed by atoms with van der Waals surface area (Å²) in [6, 6.07) is 21.4. The summed E-state index contributed by atoms with van der Waals surface area (Å²) in [6.45, 7) is 0. The number of aromatic carboxylic acids is 1. The van der Waals surface area contributed by atoms with Crippen molar-refractivity contribution < 1.29 is 24.3 Å². The van der Waals surface area contributed by atoms with Gasteiger partial charge in [-0.25, -0.2) is 4.79 Å². The highest BCUT2D eigenvalue weighted by Crippen LogP contribution is 2.14. The number of benzene rings is 3. The van der Waals surface area contributed by atoms with Gasteiger partial charge in [0.15, 0.2) is 0 Å². The van der Waals surface area contributed by atoms with E-state index in [0.717, 1.165) is 0 Å². The number of nitrogens with one attached hydrogen (secondary N) is 1. The van der Waals surface area contributed by atoms with Crippen molar-refractivity contribution in [2.24, 2.45) is 0 Å². The first kappa shape index (κ1) is 19.5. The number of hydrogen-bond acceptors (Lipinski definition) is 4. The highest BCUT2D eigenvalue weighted by Gasteiger charge is 2.29. The van der Waals surface area contributed by atoms with Gasteiger partial charge in [-0.05, 0) is 36.4 Å². The van der Waals surface area contributed by atoms with Crippen LogP contribution >= 0.6 is 0 Å². The van der Waals surface area contributed by atoms with Crippen LogP contribution in [0.15, 0.2) is 84.9 Å². The maximum absolute atomic E-state index is 13.1. The molecule has 3 aromatic carbocycles. The summed E-state index contributed by atoms with van der Waals surface area (Å²) < 4.78 is 0. The van der Waals surface area contributed by atoms with Crippen LogP contribution in [0, 0.1) is 0 Å². The molecule has 0 radical (unpaired) electrons. The number of carboxylic acid groups (broad SMARTS) is 1. The third-order valence-electron chi connectivity index (χ3n) is 4.06. The molecule has 0 saturated heterocycles.